The van der Waals surface area contributed by atoms with Gasteiger partial charge in [0, 0.05) is 13.2 Å². The van der Waals surface area contributed by atoms with Gasteiger partial charge in [-0.15, -0.1) is 0 Å². The van der Waals surface area contributed by atoms with E-state index in [2.05, 4.69) is 9.72 Å². The van der Waals surface area contributed by atoms with Gasteiger partial charge in [-0.1, -0.05) is 0 Å². The van der Waals surface area contributed by atoms with E-state index in [1.54, 1.807) is 6.07 Å². The van der Waals surface area contributed by atoms with E-state index in [4.69, 9.17) is 5.26 Å². The summed E-state index contributed by atoms with van der Waals surface area (Å²) in [6.07, 6.45) is 1.27. The summed E-state index contributed by atoms with van der Waals surface area (Å²) in [5.41, 5.74) is -0.534. The Morgan fingerprint density at radius 3 is 2.89 bits per heavy atom. The normalized spacial score (nSPS) is 9.39. The number of nitriles is 1. The first-order valence-corrected chi connectivity index (χ1v) is 4.82. The quantitative estimate of drug-likeness (QED) is 0.434. The lowest BCUT2D eigenvalue weighted by Crippen LogP contribution is -2.28. The molecule has 0 unspecified atom stereocenters. The van der Waals surface area contributed by atoms with Gasteiger partial charge < -0.3 is 9.64 Å². The maximum atomic E-state index is 11.1. The molecule has 18 heavy (non-hydrogen) atoms. The molecule has 0 aliphatic carbocycles. The summed E-state index contributed by atoms with van der Waals surface area (Å²) in [7, 11) is 2.66. The number of esters is 1. The second kappa shape index (κ2) is 5.58. The molecule has 0 N–H and O–H groups in total. The Morgan fingerprint density at radius 1 is 1.72 bits per heavy atom. The van der Waals surface area contributed by atoms with Gasteiger partial charge in [0.2, 0.25) is 5.82 Å². The van der Waals surface area contributed by atoms with E-state index in [0.29, 0.717) is 0 Å². The predicted molar refractivity (Wildman–Crippen MR) is 60.9 cm³/mol. The van der Waals surface area contributed by atoms with Crippen LogP contribution in [0, 0.1) is 21.4 Å². The molecule has 0 amide bonds. The number of nitro groups is 1. The highest BCUT2D eigenvalue weighted by atomic mass is 16.6. The fourth-order valence-corrected chi connectivity index (χ4v) is 1.33. The third kappa shape index (κ3) is 2.70. The summed E-state index contributed by atoms with van der Waals surface area (Å²) in [6, 6.07) is 2.96. The number of carbonyl (C=O) groups is 1. The lowest BCUT2D eigenvalue weighted by Gasteiger charge is -2.16. The molecule has 0 saturated heterocycles. The van der Waals surface area contributed by atoms with Gasteiger partial charge in [-0.3, -0.25) is 14.9 Å². The minimum Gasteiger partial charge on any atom is -0.468 e. The molecule has 1 aromatic heterocycles. The summed E-state index contributed by atoms with van der Waals surface area (Å²) in [5.74, 6) is -0.611. The third-order valence-electron chi connectivity index (χ3n) is 2.16. The Balaban J connectivity index is 3.20. The van der Waals surface area contributed by atoms with Crippen molar-refractivity contribution >= 4 is 17.5 Å². The standard InChI is InChI=1S/C10H10N4O4/c1-13(6-8(15)18-2)10-9(14(16)17)7(5-11)3-4-12-10/h3-4H,6H2,1-2H3. The van der Waals surface area contributed by atoms with Crippen molar-refractivity contribution in [1.29, 1.82) is 5.26 Å². The van der Waals surface area contributed by atoms with Crippen LogP contribution in [0.1, 0.15) is 5.56 Å². The second-order valence-corrected chi connectivity index (χ2v) is 3.33. The SMILES string of the molecule is COC(=O)CN(C)c1nccc(C#N)c1[N+](=O)[O-]. The van der Waals surface area contributed by atoms with E-state index in [9.17, 15) is 14.9 Å². The smallest absolute Gasteiger partial charge is 0.329 e. The molecule has 0 fully saturated rings. The van der Waals surface area contributed by atoms with E-state index in [-0.39, 0.29) is 17.9 Å². The maximum absolute atomic E-state index is 11.1. The highest BCUT2D eigenvalue weighted by Gasteiger charge is 2.24. The lowest BCUT2D eigenvalue weighted by molar-refractivity contribution is -0.384. The van der Waals surface area contributed by atoms with Gasteiger partial charge in [0.25, 0.3) is 0 Å². The Labute approximate surface area is 103 Å². The van der Waals surface area contributed by atoms with Crippen molar-refractivity contribution in [2.75, 3.05) is 25.6 Å². The summed E-state index contributed by atoms with van der Waals surface area (Å²) in [4.78, 5) is 26.4. The van der Waals surface area contributed by atoms with Gasteiger partial charge in [0.05, 0.1) is 12.0 Å². The fraction of sp³-hybridized carbons (Fsp3) is 0.300. The largest absolute Gasteiger partial charge is 0.468 e. The number of hydrogen-bond acceptors (Lipinski definition) is 7. The van der Waals surface area contributed by atoms with Crippen molar-refractivity contribution in [3.63, 3.8) is 0 Å². The van der Waals surface area contributed by atoms with Crippen LogP contribution in [0.3, 0.4) is 0 Å². The Bertz CT molecular complexity index is 523. The average molecular weight is 250 g/mol. The molecule has 0 aliphatic heterocycles. The number of hydrogen-bond donors (Lipinski definition) is 0. The molecule has 8 heteroatoms. The van der Waals surface area contributed by atoms with Crippen LogP contribution >= 0.6 is 0 Å². The van der Waals surface area contributed by atoms with E-state index in [0.717, 1.165) is 0 Å². The minimum absolute atomic E-state index is 0.0514. The van der Waals surface area contributed by atoms with Gasteiger partial charge >= 0.3 is 11.7 Å². The first-order chi connectivity index (χ1) is 8.51. The van der Waals surface area contributed by atoms with Crippen LogP contribution in [0.15, 0.2) is 12.3 Å². The first-order valence-electron chi connectivity index (χ1n) is 4.82. The average Bonchev–Trinajstić information content (AvgIpc) is 2.37. The van der Waals surface area contributed by atoms with Crippen LogP contribution in [-0.4, -0.2) is 36.6 Å². The molecule has 0 radical (unpaired) electrons. The first kappa shape index (κ1) is 13.4. The van der Waals surface area contributed by atoms with Gasteiger partial charge in [0.15, 0.2) is 0 Å². The molecule has 0 atom stereocenters. The van der Waals surface area contributed by atoms with Crippen molar-refractivity contribution in [2.45, 2.75) is 0 Å². The van der Waals surface area contributed by atoms with Gasteiger partial charge in [-0.25, -0.2) is 4.98 Å². The summed E-state index contributed by atoms with van der Waals surface area (Å²) >= 11 is 0. The summed E-state index contributed by atoms with van der Waals surface area (Å²) in [6.45, 7) is -0.195. The van der Waals surface area contributed by atoms with Crippen molar-refractivity contribution in [3.05, 3.63) is 27.9 Å². The molecule has 0 saturated carbocycles. The Hall–Kier alpha value is -2.69. The highest BCUT2D eigenvalue weighted by molar-refractivity contribution is 5.77. The molecule has 8 nitrogen and oxygen atoms in total. The maximum Gasteiger partial charge on any atom is 0.329 e. The topological polar surface area (TPSA) is 109 Å². The summed E-state index contributed by atoms with van der Waals surface area (Å²) < 4.78 is 4.46. The number of pyridine rings is 1. The number of likely N-dealkylation sites (N-methyl/N-ethyl adjacent to an activating group) is 1. The predicted octanol–water partition coefficient (Wildman–Crippen LogP) is 0.471. The number of carbonyl (C=O) groups excluding carboxylic acids is 1. The molecule has 0 aromatic carbocycles. The van der Waals surface area contributed by atoms with Gasteiger partial charge in [0.1, 0.15) is 18.2 Å². The fourth-order valence-electron chi connectivity index (χ4n) is 1.33. The minimum atomic E-state index is -0.700. The van der Waals surface area contributed by atoms with E-state index in [1.165, 1.54) is 31.3 Å². The number of rotatable bonds is 4. The molecule has 0 spiro atoms. The summed E-state index contributed by atoms with van der Waals surface area (Å²) in [5, 5.41) is 19.7. The highest BCUT2D eigenvalue weighted by Crippen LogP contribution is 2.27. The van der Waals surface area contributed by atoms with Crippen molar-refractivity contribution < 1.29 is 14.5 Å². The molecule has 1 rings (SSSR count). The van der Waals surface area contributed by atoms with E-state index < -0.39 is 16.6 Å². The Morgan fingerprint density at radius 2 is 2.39 bits per heavy atom. The number of methoxy groups -OCH3 is 1. The monoisotopic (exact) mass is 250 g/mol. The zero-order valence-electron chi connectivity index (χ0n) is 9.78. The number of aromatic nitrogens is 1. The molecular formula is C10H10N4O4. The molecule has 1 aromatic rings. The van der Waals surface area contributed by atoms with Crippen molar-refractivity contribution in [3.8, 4) is 6.07 Å². The van der Waals surface area contributed by atoms with Crippen LogP contribution in [0.25, 0.3) is 0 Å². The Kier molecular flexibility index (Phi) is 4.15. The van der Waals surface area contributed by atoms with E-state index in [1.807, 2.05) is 0 Å². The number of anilines is 1. The van der Waals surface area contributed by atoms with Crippen LogP contribution in [-0.2, 0) is 9.53 Å². The van der Waals surface area contributed by atoms with Crippen LogP contribution < -0.4 is 4.90 Å². The van der Waals surface area contributed by atoms with Crippen molar-refractivity contribution in [2.24, 2.45) is 0 Å². The van der Waals surface area contributed by atoms with Crippen LogP contribution in [0.4, 0.5) is 11.5 Å². The second-order valence-electron chi connectivity index (χ2n) is 3.33. The van der Waals surface area contributed by atoms with Crippen LogP contribution in [0.2, 0.25) is 0 Å². The van der Waals surface area contributed by atoms with E-state index >= 15 is 0 Å². The lowest BCUT2D eigenvalue weighted by atomic mass is 10.2. The zero-order chi connectivity index (χ0) is 13.7. The molecule has 0 aliphatic rings. The molecule has 94 valence electrons. The van der Waals surface area contributed by atoms with Crippen molar-refractivity contribution in [1.82, 2.24) is 4.98 Å². The molecule has 0 bridgehead atoms. The zero-order valence-corrected chi connectivity index (χ0v) is 9.78. The third-order valence-corrected chi connectivity index (χ3v) is 2.16. The van der Waals surface area contributed by atoms with Gasteiger partial charge in [-0.2, -0.15) is 5.26 Å². The molecule has 1 heterocycles. The number of ether oxygens (including phenoxy) is 1. The molecular weight excluding hydrogens is 240 g/mol. The van der Waals surface area contributed by atoms with Gasteiger partial charge in [-0.05, 0) is 6.07 Å². The number of nitrogens with zero attached hydrogens (tertiary/aromatic N) is 4. The van der Waals surface area contributed by atoms with Crippen LogP contribution in [0.5, 0.6) is 0 Å².